The van der Waals surface area contributed by atoms with Crippen molar-refractivity contribution in [3.8, 4) is 23.4 Å². The van der Waals surface area contributed by atoms with Gasteiger partial charge in [0.25, 0.3) is 0 Å². The summed E-state index contributed by atoms with van der Waals surface area (Å²) in [5.41, 5.74) is 5.65. The number of nitrogens with zero attached hydrogens (tertiary/aromatic N) is 6. The van der Waals surface area contributed by atoms with Crippen LogP contribution in [-0.4, -0.2) is 30.8 Å². The van der Waals surface area contributed by atoms with Crippen molar-refractivity contribution in [2.45, 2.75) is 0 Å². The van der Waals surface area contributed by atoms with E-state index in [1.165, 1.54) is 6.20 Å². The Morgan fingerprint density at radius 2 is 1.81 bits per heavy atom. The van der Waals surface area contributed by atoms with Crippen molar-refractivity contribution in [2.75, 3.05) is 10.7 Å². The Bertz CT molecular complexity index is 1180. The number of anilines is 2. The number of amides is 2. The zero-order valence-corrected chi connectivity index (χ0v) is 15.9. The summed E-state index contributed by atoms with van der Waals surface area (Å²) in [7, 11) is 0. The smallest absolute Gasteiger partial charge is 0.339 e. The van der Waals surface area contributed by atoms with Gasteiger partial charge in [-0.15, -0.1) is 10.2 Å². The summed E-state index contributed by atoms with van der Waals surface area (Å²) in [5, 5.41) is 19.4. The summed E-state index contributed by atoms with van der Waals surface area (Å²) in [6.07, 6.45) is 6.47. The highest BCUT2D eigenvalue weighted by Gasteiger charge is 2.05. The first kappa shape index (κ1) is 19.3. The predicted molar refractivity (Wildman–Crippen MR) is 110 cm³/mol. The second kappa shape index (κ2) is 9.01. The third-order valence-corrected chi connectivity index (χ3v) is 3.92. The van der Waals surface area contributed by atoms with Crippen LogP contribution in [0.15, 0.2) is 73.4 Å². The summed E-state index contributed by atoms with van der Waals surface area (Å²) in [5.74, 6) is 2.34. The van der Waals surface area contributed by atoms with Gasteiger partial charge in [-0.2, -0.15) is 5.26 Å². The van der Waals surface area contributed by atoms with Crippen LogP contribution in [0.3, 0.4) is 0 Å². The van der Waals surface area contributed by atoms with Crippen LogP contribution in [-0.2, 0) is 0 Å². The summed E-state index contributed by atoms with van der Waals surface area (Å²) in [6, 6.07) is 14.9. The standard InChI is InChI=1S/C20H15N9O2/c21-11-14-1-3-15(4-2-14)31-16-5-6-17(23-12-16)24-20(30)28-26-18-7-8-19(27-25-18)29-10-9-22-13-29/h1-10,12-13H,(H,25,26)(H2,23,24,28,30). The van der Waals surface area contributed by atoms with Gasteiger partial charge in [-0.25, -0.2) is 20.2 Å². The number of urea groups is 1. The average Bonchev–Trinajstić information content (AvgIpc) is 3.35. The van der Waals surface area contributed by atoms with Gasteiger partial charge in [-0.1, -0.05) is 0 Å². The van der Waals surface area contributed by atoms with Crippen molar-refractivity contribution in [1.82, 2.24) is 30.2 Å². The van der Waals surface area contributed by atoms with Gasteiger partial charge >= 0.3 is 6.03 Å². The van der Waals surface area contributed by atoms with Crippen LogP contribution in [0.25, 0.3) is 5.82 Å². The normalized spacial score (nSPS) is 10.0. The highest BCUT2D eigenvalue weighted by Crippen LogP contribution is 2.21. The van der Waals surface area contributed by atoms with Crippen molar-refractivity contribution in [3.05, 3.63) is 79.0 Å². The van der Waals surface area contributed by atoms with Gasteiger partial charge in [0.1, 0.15) is 23.6 Å². The van der Waals surface area contributed by atoms with E-state index in [2.05, 4.69) is 36.3 Å². The molecular formula is C20H15N9O2. The van der Waals surface area contributed by atoms with Crippen LogP contribution >= 0.6 is 0 Å². The van der Waals surface area contributed by atoms with Crippen LogP contribution in [0.2, 0.25) is 0 Å². The SMILES string of the molecule is N#Cc1ccc(Oc2ccc(NC(=O)NNc3ccc(-n4ccnc4)nn3)nc2)cc1. The van der Waals surface area contributed by atoms with E-state index in [4.69, 9.17) is 10.00 Å². The number of rotatable bonds is 6. The molecule has 0 aliphatic carbocycles. The maximum absolute atomic E-state index is 12.0. The summed E-state index contributed by atoms with van der Waals surface area (Å²) in [4.78, 5) is 20.1. The molecule has 0 aliphatic rings. The Kier molecular flexibility index (Phi) is 5.62. The van der Waals surface area contributed by atoms with Gasteiger partial charge in [0, 0.05) is 12.4 Å². The van der Waals surface area contributed by atoms with Gasteiger partial charge < -0.3 is 4.74 Å². The van der Waals surface area contributed by atoms with E-state index in [1.54, 1.807) is 71.8 Å². The van der Waals surface area contributed by atoms with Gasteiger partial charge in [0.15, 0.2) is 11.6 Å². The highest BCUT2D eigenvalue weighted by molar-refractivity contribution is 5.88. The minimum absolute atomic E-state index is 0.327. The molecule has 152 valence electrons. The summed E-state index contributed by atoms with van der Waals surface area (Å²) in [6.45, 7) is 0. The molecule has 3 aromatic heterocycles. The highest BCUT2D eigenvalue weighted by atomic mass is 16.5. The molecule has 3 N–H and O–H groups in total. The zero-order chi connectivity index (χ0) is 21.5. The summed E-state index contributed by atoms with van der Waals surface area (Å²) >= 11 is 0. The lowest BCUT2D eigenvalue weighted by molar-refractivity contribution is 0.253. The van der Waals surface area contributed by atoms with E-state index in [9.17, 15) is 4.79 Å². The number of hydrogen-bond donors (Lipinski definition) is 3. The largest absolute Gasteiger partial charge is 0.456 e. The fourth-order valence-electron chi connectivity index (χ4n) is 2.44. The van der Waals surface area contributed by atoms with Crippen molar-refractivity contribution in [3.63, 3.8) is 0 Å². The molecule has 0 unspecified atom stereocenters. The van der Waals surface area contributed by atoms with Crippen molar-refractivity contribution >= 4 is 17.7 Å². The van der Waals surface area contributed by atoms with Crippen LogP contribution in [0.1, 0.15) is 5.56 Å². The van der Waals surface area contributed by atoms with E-state index in [0.29, 0.717) is 34.5 Å². The van der Waals surface area contributed by atoms with Crippen molar-refractivity contribution in [2.24, 2.45) is 0 Å². The molecule has 2 amide bonds. The van der Waals surface area contributed by atoms with Crippen LogP contribution < -0.4 is 20.9 Å². The molecule has 1 aromatic carbocycles. The fraction of sp³-hybridized carbons (Fsp3) is 0. The molecule has 0 radical (unpaired) electrons. The first-order chi connectivity index (χ1) is 15.2. The molecule has 0 aliphatic heterocycles. The lowest BCUT2D eigenvalue weighted by Gasteiger charge is -2.10. The molecule has 4 rings (SSSR count). The number of nitriles is 1. The molecule has 0 bridgehead atoms. The molecule has 0 fully saturated rings. The number of pyridine rings is 1. The molecule has 0 saturated heterocycles. The monoisotopic (exact) mass is 413 g/mol. The number of carbonyl (C=O) groups excluding carboxylic acids is 1. The van der Waals surface area contributed by atoms with Crippen molar-refractivity contribution < 1.29 is 9.53 Å². The first-order valence-electron chi connectivity index (χ1n) is 8.99. The average molecular weight is 413 g/mol. The third kappa shape index (κ3) is 5.09. The molecule has 0 saturated carbocycles. The lowest BCUT2D eigenvalue weighted by Crippen LogP contribution is -2.34. The summed E-state index contributed by atoms with van der Waals surface area (Å²) < 4.78 is 7.35. The second-order valence-corrected chi connectivity index (χ2v) is 6.07. The molecule has 4 aromatic rings. The molecule has 11 nitrogen and oxygen atoms in total. The minimum atomic E-state index is -0.534. The number of ether oxygens (including phenoxy) is 1. The number of benzene rings is 1. The number of carbonyl (C=O) groups is 1. The number of hydrogen-bond acceptors (Lipinski definition) is 8. The van der Waals surface area contributed by atoms with Gasteiger partial charge in [0.2, 0.25) is 0 Å². The Labute approximate surface area is 176 Å². The number of aromatic nitrogens is 5. The quantitative estimate of drug-likeness (QED) is 0.410. The molecule has 0 spiro atoms. The van der Waals surface area contributed by atoms with Crippen LogP contribution in [0.4, 0.5) is 16.4 Å². The minimum Gasteiger partial charge on any atom is -0.456 e. The van der Waals surface area contributed by atoms with E-state index in [-0.39, 0.29) is 0 Å². The molecule has 11 heteroatoms. The molecule has 3 heterocycles. The lowest BCUT2D eigenvalue weighted by atomic mass is 10.2. The van der Waals surface area contributed by atoms with Gasteiger partial charge in [-0.05, 0) is 48.5 Å². The topological polar surface area (TPSA) is 143 Å². The second-order valence-electron chi connectivity index (χ2n) is 6.07. The van der Waals surface area contributed by atoms with E-state index >= 15 is 0 Å². The van der Waals surface area contributed by atoms with E-state index < -0.39 is 6.03 Å². The maximum atomic E-state index is 12.0. The maximum Gasteiger partial charge on any atom is 0.339 e. The Morgan fingerprint density at radius 3 is 2.45 bits per heavy atom. The molecule has 0 atom stereocenters. The number of nitrogens with one attached hydrogen (secondary N) is 3. The van der Waals surface area contributed by atoms with E-state index in [0.717, 1.165) is 0 Å². The molecular weight excluding hydrogens is 398 g/mol. The first-order valence-corrected chi connectivity index (χ1v) is 8.99. The fourth-order valence-corrected chi connectivity index (χ4v) is 2.44. The number of imidazole rings is 1. The molecule has 31 heavy (non-hydrogen) atoms. The van der Waals surface area contributed by atoms with E-state index in [1.807, 2.05) is 6.07 Å². The third-order valence-electron chi connectivity index (χ3n) is 3.92. The zero-order valence-electron chi connectivity index (χ0n) is 15.9. The Morgan fingerprint density at radius 1 is 1.00 bits per heavy atom. The van der Waals surface area contributed by atoms with Gasteiger partial charge in [-0.3, -0.25) is 15.3 Å². The Balaban J connectivity index is 1.27. The van der Waals surface area contributed by atoms with Crippen molar-refractivity contribution in [1.29, 1.82) is 5.26 Å². The van der Waals surface area contributed by atoms with Crippen LogP contribution in [0.5, 0.6) is 11.5 Å². The number of hydrazine groups is 1. The van der Waals surface area contributed by atoms with Gasteiger partial charge in [0.05, 0.1) is 17.8 Å². The predicted octanol–water partition coefficient (Wildman–Crippen LogP) is 2.87. The Hall–Kier alpha value is -4.98. The van der Waals surface area contributed by atoms with Crippen LogP contribution in [0, 0.1) is 11.3 Å².